The lowest BCUT2D eigenvalue weighted by atomic mass is 10.2. The molecule has 0 aliphatic rings. The van der Waals surface area contributed by atoms with Crippen molar-refractivity contribution in [2.24, 2.45) is 0 Å². The third-order valence-electron chi connectivity index (χ3n) is 3.81. The number of fused-ring (bicyclic) bond motifs is 1. The Labute approximate surface area is 149 Å². The van der Waals surface area contributed by atoms with Gasteiger partial charge in [0.05, 0.1) is 10.6 Å². The highest BCUT2D eigenvalue weighted by Gasteiger charge is 2.15. The number of nitrogens with zero attached hydrogens (tertiary/aromatic N) is 1. The van der Waals surface area contributed by atoms with Gasteiger partial charge in [-0.3, -0.25) is 4.72 Å². The summed E-state index contributed by atoms with van der Waals surface area (Å²) in [5.41, 5.74) is 2.33. The molecule has 4 aromatic rings. The van der Waals surface area contributed by atoms with E-state index >= 15 is 0 Å². The van der Waals surface area contributed by atoms with Gasteiger partial charge in [-0.15, -0.1) is 0 Å². The lowest BCUT2D eigenvalue weighted by Crippen LogP contribution is -2.12. The third kappa shape index (κ3) is 3.12. The summed E-state index contributed by atoms with van der Waals surface area (Å²) < 4.78 is 33.1. The van der Waals surface area contributed by atoms with E-state index in [0.29, 0.717) is 22.7 Å². The second-order valence-corrected chi connectivity index (χ2v) is 7.35. The fourth-order valence-corrected chi connectivity index (χ4v) is 3.58. The van der Waals surface area contributed by atoms with Crippen LogP contribution in [-0.4, -0.2) is 18.5 Å². The van der Waals surface area contributed by atoms with Crippen LogP contribution in [0.5, 0.6) is 5.75 Å². The maximum Gasteiger partial charge on any atom is 0.261 e. The molecule has 0 saturated carbocycles. The van der Waals surface area contributed by atoms with Gasteiger partial charge in [0.1, 0.15) is 11.3 Å². The summed E-state index contributed by atoms with van der Waals surface area (Å²) in [5, 5.41) is 9.29. The lowest BCUT2D eigenvalue weighted by molar-refractivity contribution is 0.475. The predicted molar refractivity (Wildman–Crippen MR) is 98.4 cm³/mol. The van der Waals surface area contributed by atoms with Gasteiger partial charge in [0.25, 0.3) is 10.0 Å². The number of hydrogen-bond acceptors (Lipinski definition) is 5. The number of phenolic OH excluding ortho intramolecular Hbond substituents is 1. The number of hydrogen-bond donors (Lipinski definition) is 2. The zero-order valence-electron chi connectivity index (χ0n) is 13.5. The van der Waals surface area contributed by atoms with Gasteiger partial charge in [-0.05, 0) is 54.6 Å². The highest BCUT2D eigenvalue weighted by Crippen LogP contribution is 2.27. The highest BCUT2D eigenvalue weighted by molar-refractivity contribution is 7.92. The molecule has 0 amide bonds. The molecule has 0 radical (unpaired) electrons. The molecule has 0 aliphatic heterocycles. The average Bonchev–Trinajstić information content (AvgIpc) is 3.06. The van der Waals surface area contributed by atoms with Gasteiger partial charge in [-0.1, -0.05) is 18.2 Å². The van der Waals surface area contributed by atoms with E-state index in [-0.39, 0.29) is 10.6 Å². The van der Waals surface area contributed by atoms with Crippen molar-refractivity contribution in [1.82, 2.24) is 4.98 Å². The van der Waals surface area contributed by atoms with Crippen LogP contribution >= 0.6 is 0 Å². The number of oxazole rings is 1. The van der Waals surface area contributed by atoms with Crippen molar-refractivity contribution in [3.8, 4) is 17.2 Å². The van der Waals surface area contributed by atoms with Crippen LogP contribution in [0.2, 0.25) is 0 Å². The van der Waals surface area contributed by atoms with Crippen molar-refractivity contribution < 1.29 is 17.9 Å². The predicted octanol–water partition coefficient (Wildman–Crippen LogP) is 4.00. The molecule has 6 nitrogen and oxygen atoms in total. The highest BCUT2D eigenvalue weighted by atomic mass is 32.2. The van der Waals surface area contributed by atoms with Crippen molar-refractivity contribution in [1.29, 1.82) is 0 Å². The zero-order chi connectivity index (χ0) is 18.1. The molecule has 7 heteroatoms. The zero-order valence-corrected chi connectivity index (χ0v) is 14.3. The van der Waals surface area contributed by atoms with Crippen LogP contribution in [0.4, 0.5) is 5.69 Å². The fraction of sp³-hybridized carbons (Fsp3) is 0. The van der Waals surface area contributed by atoms with Crippen LogP contribution in [0.3, 0.4) is 0 Å². The molecule has 3 aromatic carbocycles. The minimum absolute atomic E-state index is 0.00130. The Kier molecular flexibility index (Phi) is 3.85. The number of aromatic hydroxyl groups is 1. The van der Waals surface area contributed by atoms with Crippen molar-refractivity contribution in [3.63, 3.8) is 0 Å². The second kappa shape index (κ2) is 6.20. The van der Waals surface area contributed by atoms with E-state index in [1.807, 2.05) is 30.3 Å². The summed E-state index contributed by atoms with van der Waals surface area (Å²) >= 11 is 0. The SMILES string of the molecule is O=S(=O)(Nc1ccc2oc(-c3ccccc3)nc2c1)c1ccc(O)cc1. The van der Waals surface area contributed by atoms with E-state index in [1.165, 1.54) is 24.3 Å². The van der Waals surface area contributed by atoms with Gasteiger partial charge in [-0.25, -0.2) is 13.4 Å². The molecule has 0 atom stereocenters. The minimum Gasteiger partial charge on any atom is -0.508 e. The van der Waals surface area contributed by atoms with Gasteiger partial charge >= 0.3 is 0 Å². The molecule has 4 rings (SSSR count). The molecular weight excluding hydrogens is 352 g/mol. The molecule has 0 bridgehead atoms. The smallest absolute Gasteiger partial charge is 0.261 e. The van der Waals surface area contributed by atoms with Crippen LogP contribution in [0.15, 0.2) is 82.1 Å². The van der Waals surface area contributed by atoms with Gasteiger partial charge in [0.15, 0.2) is 5.58 Å². The minimum atomic E-state index is -3.76. The monoisotopic (exact) mass is 366 g/mol. The molecule has 1 aromatic heterocycles. The largest absolute Gasteiger partial charge is 0.508 e. The normalized spacial score (nSPS) is 11.5. The van der Waals surface area contributed by atoms with Crippen molar-refractivity contribution in [2.45, 2.75) is 4.90 Å². The number of aromatic nitrogens is 1. The number of benzene rings is 3. The number of anilines is 1. The first kappa shape index (κ1) is 16.2. The van der Waals surface area contributed by atoms with E-state index in [4.69, 9.17) is 4.42 Å². The molecule has 2 N–H and O–H groups in total. The molecule has 1 heterocycles. The maximum absolute atomic E-state index is 12.4. The topological polar surface area (TPSA) is 92.4 Å². The molecule has 0 spiro atoms. The van der Waals surface area contributed by atoms with E-state index in [2.05, 4.69) is 9.71 Å². The van der Waals surface area contributed by atoms with Crippen LogP contribution in [0.25, 0.3) is 22.6 Å². The van der Waals surface area contributed by atoms with Gasteiger partial charge in [0.2, 0.25) is 5.89 Å². The number of nitrogens with one attached hydrogen (secondary N) is 1. The maximum atomic E-state index is 12.4. The first-order valence-corrected chi connectivity index (χ1v) is 9.27. The molecular formula is C19H14N2O4S. The summed E-state index contributed by atoms with van der Waals surface area (Å²) in [5.74, 6) is 0.473. The van der Waals surface area contributed by atoms with Gasteiger partial charge in [0, 0.05) is 5.56 Å². The van der Waals surface area contributed by atoms with Gasteiger partial charge < -0.3 is 9.52 Å². The number of phenols is 1. The number of rotatable bonds is 4. The average molecular weight is 366 g/mol. The Hall–Kier alpha value is -3.32. The first-order valence-electron chi connectivity index (χ1n) is 7.79. The molecule has 0 saturated heterocycles. The summed E-state index contributed by atoms with van der Waals surface area (Å²) in [7, 11) is -3.76. The fourth-order valence-electron chi connectivity index (χ4n) is 2.53. The van der Waals surface area contributed by atoms with Crippen LogP contribution in [0, 0.1) is 0 Å². The molecule has 0 unspecified atom stereocenters. The first-order chi connectivity index (χ1) is 12.5. The summed E-state index contributed by atoms with van der Waals surface area (Å²) in [6.07, 6.45) is 0. The Morgan fingerprint density at radius 1 is 0.923 bits per heavy atom. The van der Waals surface area contributed by atoms with Crippen LogP contribution < -0.4 is 4.72 Å². The molecule has 26 heavy (non-hydrogen) atoms. The van der Waals surface area contributed by atoms with Crippen molar-refractivity contribution >= 4 is 26.8 Å². The van der Waals surface area contributed by atoms with E-state index < -0.39 is 10.0 Å². The van der Waals surface area contributed by atoms with E-state index in [1.54, 1.807) is 18.2 Å². The Morgan fingerprint density at radius 2 is 1.65 bits per heavy atom. The summed E-state index contributed by atoms with van der Waals surface area (Å²) in [4.78, 5) is 4.48. The van der Waals surface area contributed by atoms with Crippen molar-refractivity contribution in [2.75, 3.05) is 4.72 Å². The summed E-state index contributed by atoms with van der Waals surface area (Å²) in [6, 6.07) is 19.7. The molecule has 0 fully saturated rings. The van der Waals surface area contributed by atoms with Crippen LogP contribution in [0.1, 0.15) is 0 Å². The quantitative estimate of drug-likeness (QED) is 0.569. The van der Waals surface area contributed by atoms with Crippen molar-refractivity contribution in [3.05, 3.63) is 72.8 Å². The Morgan fingerprint density at radius 3 is 2.38 bits per heavy atom. The molecule has 0 aliphatic carbocycles. The Bertz CT molecular complexity index is 1170. The summed E-state index contributed by atoms with van der Waals surface area (Å²) in [6.45, 7) is 0. The van der Waals surface area contributed by atoms with Crippen LogP contribution in [-0.2, 0) is 10.0 Å². The second-order valence-electron chi connectivity index (χ2n) is 5.67. The third-order valence-corrected chi connectivity index (χ3v) is 5.20. The standard InChI is InChI=1S/C19H14N2O4S/c22-15-7-9-16(10-8-15)26(23,24)21-14-6-11-18-17(12-14)20-19(25-18)13-4-2-1-3-5-13/h1-12,21-22H. The Balaban J connectivity index is 1.66. The van der Waals surface area contributed by atoms with Gasteiger partial charge in [-0.2, -0.15) is 0 Å². The number of sulfonamides is 1. The van der Waals surface area contributed by atoms with E-state index in [9.17, 15) is 13.5 Å². The lowest BCUT2D eigenvalue weighted by Gasteiger charge is -2.07. The molecule has 130 valence electrons. The van der Waals surface area contributed by atoms with E-state index in [0.717, 1.165) is 5.56 Å².